The Morgan fingerprint density at radius 3 is 2.47 bits per heavy atom. The second kappa shape index (κ2) is 10.3. The highest BCUT2D eigenvalue weighted by Crippen LogP contribution is 2.09. The van der Waals surface area contributed by atoms with Crippen LogP contribution in [-0.4, -0.2) is 18.2 Å². The molecule has 0 bridgehead atoms. The fourth-order valence-electron chi connectivity index (χ4n) is 1.67. The quantitative estimate of drug-likeness (QED) is 0.276. The van der Waals surface area contributed by atoms with E-state index in [-0.39, 0.29) is 12.2 Å². The third kappa shape index (κ3) is 10.1. The van der Waals surface area contributed by atoms with Crippen LogP contribution >= 0.6 is 0 Å². The fourth-order valence-corrected chi connectivity index (χ4v) is 1.67. The van der Waals surface area contributed by atoms with Gasteiger partial charge in [-0.1, -0.05) is 39.2 Å². The molecule has 0 aromatic carbocycles. The second-order valence-electron chi connectivity index (χ2n) is 4.65. The molecule has 0 spiro atoms. The van der Waals surface area contributed by atoms with Crippen molar-refractivity contribution >= 4 is 5.97 Å². The summed E-state index contributed by atoms with van der Waals surface area (Å²) in [5.74, 6) is -0.350. The van der Waals surface area contributed by atoms with Crippen molar-refractivity contribution in [1.82, 2.24) is 5.32 Å². The van der Waals surface area contributed by atoms with E-state index in [1.54, 1.807) is 0 Å². The van der Waals surface area contributed by atoms with Crippen LogP contribution in [-0.2, 0) is 9.53 Å². The number of nitrogens with one attached hydrogen (secondary N) is 1. The molecule has 0 aliphatic heterocycles. The zero-order valence-electron chi connectivity index (χ0n) is 11.5. The summed E-state index contributed by atoms with van der Waals surface area (Å²) in [6.45, 7) is 9.71. The molecule has 0 radical (unpaired) electrons. The van der Waals surface area contributed by atoms with Crippen molar-refractivity contribution in [2.75, 3.05) is 0 Å². The van der Waals surface area contributed by atoms with Gasteiger partial charge in [0.1, 0.15) is 0 Å². The largest absolute Gasteiger partial charge is 0.443 e. The van der Waals surface area contributed by atoms with Crippen LogP contribution in [0.5, 0.6) is 0 Å². The molecule has 1 N–H and O–H groups in total. The Kier molecular flexibility index (Phi) is 9.83. The Morgan fingerprint density at radius 2 is 1.94 bits per heavy atom. The highest BCUT2D eigenvalue weighted by molar-refractivity contribution is 5.81. The standard InChI is InChI=1S/C14H27NO2/c1-5-7-8-9-10-11-13(15-12(3)4)17-14(16)6-2/h6,12-13,15H,2,5,7-11H2,1,3-4H3. The van der Waals surface area contributed by atoms with Crippen LogP contribution in [0.25, 0.3) is 0 Å². The second-order valence-corrected chi connectivity index (χ2v) is 4.65. The van der Waals surface area contributed by atoms with Crippen LogP contribution < -0.4 is 5.32 Å². The summed E-state index contributed by atoms with van der Waals surface area (Å²) in [6, 6.07) is 0.313. The van der Waals surface area contributed by atoms with Gasteiger partial charge in [-0.2, -0.15) is 0 Å². The molecular weight excluding hydrogens is 214 g/mol. The van der Waals surface area contributed by atoms with Crippen molar-refractivity contribution in [2.24, 2.45) is 0 Å². The zero-order valence-corrected chi connectivity index (χ0v) is 11.5. The van der Waals surface area contributed by atoms with Gasteiger partial charge < -0.3 is 4.74 Å². The van der Waals surface area contributed by atoms with Crippen LogP contribution in [0.15, 0.2) is 12.7 Å². The summed E-state index contributed by atoms with van der Waals surface area (Å²) in [5, 5.41) is 3.25. The predicted molar refractivity (Wildman–Crippen MR) is 71.7 cm³/mol. The summed E-state index contributed by atoms with van der Waals surface area (Å²) in [5.41, 5.74) is 0. The SMILES string of the molecule is C=CC(=O)OC(CCCCCCC)NC(C)C. The molecule has 3 heteroatoms. The van der Waals surface area contributed by atoms with Gasteiger partial charge in [0.15, 0.2) is 6.23 Å². The molecular formula is C14H27NO2. The maximum absolute atomic E-state index is 11.2. The molecule has 0 amide bonds. The first-order valence-electron chi connectivity index (χ1n) is 6.69. The van der Waals surface area contributed by atoms with Crippen LogP contribution in [0.2, 0.25) is 0 Å². The average Bonchev–Trinajstić information content (AvgIpc) is 2.27. The van der Waals surface area contributed by atoms with Gasteiger partial charge in [-0.05, 0) is 26.7 Å². The van der Waals surface area contributed by atoms with E-state index < -0.39 is 0 Å². The first-order valence-corrected chi connectivity index (χ1v) is 6.69. The van der Waals surface area contributed by atoms with E-state index in [0.29, 0.717) is 6.04 Å². The number of hydrogen-bond donors (Lipinski definition) is 1. The number of unbranched alkanes of at least 4 members (excludes halogenated alkanes) is 4. The minimum atomic E-state index is -0.350. The van der Waals surface area contributed by atoms with E-state index in [2.05, 4.69) is 18.8 Å². The zero-order chi connectivity index (χ0) is 13.1. The first kappa shape index (κ1) is 16.2. The van der Waals surface area contributed by atoms with Gasteiger partial charge in [0, 0.05) is 12.1 Å². The average molecular weight is 241 g/mol. The van der Waals surface area contributed by atoms with Crippen molar-refractivity contribution in [2.45, 2.75) is 71.6 Å². The molecule has 1 atom stereocenters. The van der Waals surface area contributed by atoms with Gasteiger partial charge in [0.25, 0.3) is 0 Å². The third-order valence-corrected chi connectivity index (χ3v) is 2.51. The summed E-state index contributed by atoms with van der Waals surface area (Å²) >= 11 is 0. The number of carbonyl (C=O) groups is 1. The topological polar surface area (TPSA) is 38.3 Å². The Hall–Kier alpha value is -0.830. The summed E-state index contributed by atoms with van der Waals surface area (Å²) in [7, 11) is 0. The van der Waals surface area contributed by atoms with Crippen molar-refractivity contribution in [3.63, 3.8) is 0 Å². The molecule has 1 unspecified atom stereocenters. The molecule has 0 fully saturated rings. The lowest BCUT2D eigenvalue weighted by molar-refractivity contribution is -0.145. The monoisotopic (exact) mass is 241 g/mol. The van der Waals surface area contributed by atoms with E-state index in [9.17, 15) is 4.79 Å². The first-order chi connectivity index (χ1) is 8.10. The molecule has 17 heavy (non-hydrogen) atoms. The summed E-state index contributed by atoms with van der Waals surface area (Å²) in [6.07, 6.45) is 8.01. The molecule has 100 valence electrons. The maximum atomic E-state index is 11.2. The Labute approximate surface area is 106 Å². The highest BCUT2D eigenvalue weighted by Gasteiger charge is 2.12. The van der Waals surface area contributed by atoms with Gasteiger partial charge in [0.05, 0.1) is 0 Å². The number of esters is 1. The lowest BCUT2D eigenvalue weighted by Gasteiger charge is -2.20. The molecule has 0 rings (SSSR count). The predicted octanol–water partition coefficient (Wildman–Crippen LogP) is 3.40. The normalized spacial score (nSPS) is 12.5. The summed E-state index contributed by atoms with van der Waals surface area (Å²) in [4.78, 5) is 11.2. The van der Waals surface area contributed by atoms with Crippen molar-refractivity contribution < 1.29 is 9.53 Å². The molecule has 3 nitrogen and oxygen atoms in total. The van der Waals surface area contributed by atoms with E-state index in [1.807, 2.05) is 13.8 Å². The highest BCUT2D eigenvalue weighted by atomic mass is 16.6. The molecule has 0 saturated carbocycles. The molecule has 0 aliphatic carbocycles. The number of ether oxygens (including phenoxy) is 1. The van der Waals surface area contributed by atoms with Crippen molar-refractivity contribution in [1.29, 1.82) is 0 Å². The number of carbonyl (C=O) groups excluding carboxylic acids is 1. The van der Waals surface area contributed by atoms with Gasteiger partial charge in [-0.25, -0.2) is 4.79 Å². The lowest BCUT2D eigenvalue weighted by atomic mass is 10.1. The molecule has 0 aromatic heterocycles. The van der Waals surface area contributed by atoms with E-state index in [1.165, 1.54) is 31.8 Å². The third-order valence-electron chi connectivity index (χ3n) is 2.51. The van der Waals surface area contributed by atoms with Gasteiger partial charge in [0.2, 0.25) is 0 Å². The molecule has 0 heterocycles. The van der Waals surface area contributed by atoms with Gasteiger partial charge in [-0.15, -0.1) is 0 Å². The van der Waals surface area contributed by atoms with Crippen molar-refractivity contribution in [3.8, 4) is 0 Å². The fraction of sp³-hybridized carbons (Fsp3) is 0.786. The van der Waals surface area contributed by atoms with E-state index in [4.69, 9.17) is 4.74 Å². The minimum absolute atomic E-state index is 0.179. The van der Waals surface area contributed by atoms with Crippen LogP contribution in [0.4, 0.5) is 0 Å². The van der Waals surface area contributed by atoms with Crippen LogP contribution in [0.3, 0.4) is 0 Å². The Morgan fingerprint density at radius 1 is 1.29 bits per heavy atom. The number of rotatable bonds is 10. The smallest absolute Gasteiger partial charge is 0.331 e. The minimum Gasteiger partial charge on any atom is -0.443 e. The molecule has 0 aromatic rings. The van der Waals surface area contributed by atoms with Crippen LogP contribution in [0, 0.1) is 0 Å². The van der Waals surface area contributed by atoms with E-state index >= 15 is 0 Å². The van der Waals surface area contributed by atoms with Gasteiger partial charge in [-0.3, -0.25) is 5.32 Å². The molecule has 0 saturated heterocycles. The van der Waals surface area contributed by atoms with Crippen LogP contribution in [0.1, 0.15) is 59.3 Å². The number of hydrogen-bond acceptors (Lipinski definition) is 3. The molecule has 0 aliphatic rings. The van der Waals surface area contributed by atoms with Gasteiger partial charge >= 0.3 is 5.97 Å². The van der Waals surface area contributed by atoms with E-state index in [0.717, 1.165) is 12.8 Å². The maximum Gasteiger partial charge on any atom is 0.331 e. The summed E-state index contributed by atoms with van der Waals surface area (Å²) < 4.78 is 5.25. The van der Waals surface area contributed by atoms with Crippen molar-refractivity contribution in [3.05, 3.63) is 12.7 Å². The Balaban J connectivity index is 3.84. The Bertz CT molecular complexity index is 214. The lowest BCUT2D eigenvalue weighted by Crippen LogP contribution is -2.38.